The summed E-state index contributed by atoms with van der Waals surface area (Å²) in [5.41, 5.74) is 1.38. The lowest BCUT2D eigenvalue weighted by atomic mass is 10.1. The highest BCUT2D eigenvalue weighted by Crippen LogP contribution is 2.28. The van der Waals surface area contributed by atoms with Crippen molar-refractivity contribution < 1.29 is 9.53 Å². The van der Waals surface area contributed by atoms with Crippen LogP contribution in [0.15, 0.2) is 48.5 Å². The lowest BCUT2D eigenvalue weighted by molar-refractivity contribution is 0.0602. The molecule has 0 aliphatic heterocycles. The molecule has 1 aromatic heterocycles. The molecule has 24 heavy (non-hydrogen) atoms. The predicted octanol–water partition coefficient (Wildman–Crippen LogP) is 4.81. The number of carbonyl (C=O) groups excluding carboxylic acids is 1. The number of thiophene rings is 1. The minimum Gasteiger partial charge on any atom is -0.465 e. The first-order valence-electron chi connectivity index (χ1n) is 7.32. The van der Waals surface area contributed by atoms with Gasteiger partial charge in [0, 0.05) is 10.6 Å². The van der Waals surface area contributed by atoms with Crippen molar-refractivity contribution in [2.75, 3.05) is 17.7 Å². The van der Waals surface area contributed by atoms with E-state index in [0.29, 0.717) is 15.7 Å². The fraction of sp³-hybridized carbons (Fsp3) is 0.111. The Morgan fingerprint density at radius 3 is 2.58 bits per heavy atom. The van der Waals surface area contributed by atoms with Crippen LogP contribution in [0.2, 0.25) is 0 Å². The van der Waals surface area contributed by atoms with Gasteiger partial charge in [-0.3, -0.25) is 0 Å². The Bertz CT molecular complexity index is 918. The maximum absolute atomic E-state index is 11.8. The lowest BCUT2D eigenvalue weighted by Gasteiger charge is -2.11. The van der Waals surface area contributed by atoms with Crippen molar-refractivity contribution >= 4 is 56.1 Å². The van der Waals surface area contributed by atoms with E-state index in [2.05, 4.69) is 22.8 Å². The van der Waals surface area contributed by atoms with Gasteiger partial charge < -0.3 is 15.4 Å². The van der Waals surface area contributed by atoms with Crippen molar-refractivity contribution in [1.29, 1.82) is 0 Å². The molecule has 0 atom stereocenters. The summed E-state index contributed by atoms with van der Waals surface area (Å²) in [4.78, 5) is 12.8. The third-order valence-electron chi connectivity index (χ3n) is 3.49. The van der Waals surface area contributed by atoms with Crippen LogP contribution in [-0.2, 0) is 4.74 Å². The van der Waals surface area contributed by atoms with Gasteiger partial charge in [0.2, 0.25) is 0 Å². The molecule has 4 nitrogen and oxygen atoms in total. The van der Waals surface area contributed by atoms with Crippen LogP contribution in [0.25, 0.3) is 10.8 Å². The Kier molecular flexibility index (Phi) is 4.78. The topological polar surface area (TPSA) is 50.4 Å². The Morgan fingerprint density at radius 1 is 1.08 bits per heavy atom. The highest BCUT2D eigenvalue weighted by Gasteiger charge is 2.16. The van der Waals surface area contributed by atoms with Crippen LogP contribution in [0.1, 0.15) is 15.2 Å². The zero-order valence-corrected chi connectivity index (χ0v) is 14.9. The number of anilines is 2. The minimum absolute atomic E-state index is 0.379. The smallest absolute Gasteiger partial charge is 0.340 e. The molecule has 0 unspecified atom stereocenters. The molecule has 0 saturated carbocycles. The molecule has 0 bridgehead atoms. The number of hydrogen-bond donors (Lipinski definition) is 2. The molecule has 1 heterocycles. The Hall–Kier alpha value is -2.44. The van der Waals surface area contributed by atoms with Crippen LogP contribution >= 0.6 is 23.6 Å². The number of carbonyl (C=O) groups is 1. The number of methoxy groups -OCH3 is 1. The summed E-state index contributed by atoms with van der Waals surface area (Å²) in [5, 5.41) is 9.64. The summed E-state index contributed by atoms with van der Waals surface area (Å²) >= 11 is 6.82. The fourth-order valence-electron chi connectivity index (χ4n) is 2.40. The summed E-state index contributed by atoms with van der Waals surface area (Å²) in [5.74, 6) is -0.379. The number of nitrogens with one attached hydrogen (secondary N) is 2. The minimum atomic E-state index is -0.379. The van der Waals surface area contributed by atoms with E-state index in [4.69, 9.17) is 17.0 Å². The van der Waals surface area contributed by atoms with Gasteiger partial charge in [-0.25, -0.2) is 4.79 Å². The molecule has 3 rings (SSSR count). The van der Waals surface area contributed by atoms with Crippen LogP contribution in [0, 0.1) is 6.92 Å². The van der Waals surface area contributed by atoms with Crippen LogP contribution in [-0.4, -0.2) is 18.2 Å². The molecule has 0 aliphatic rings. The molecule has 0 amide bonds. The van der Waals surface area contributed by atoms with Gasteiger partial charge in [0.05, 0.1) is 12.7 Å². The van der Waals surface area contributed by atoms with Crippen LogP contribution in [0.4, 0.5) is 10.7 Å². The van der Waals surface area contributed by atoms with E-state index in [-0.39, 0.29) is 5.97 Å². The van der Waals surface area contributed by atoms with E-state index in [1.807, 2.05) is 37.3 Å². The zero-order chi connectivity index (χ0) is 17.1. The molecule has 0 fully saturated rings. The highest BCUT2D eigenvalue weighted by atomic mass is 32.1. The molecular formula is C18H16N2O2S2. The fourth-order valence-corrected chi connectivity index (χ4v) is 3.59. The molecule has 0 aliphatic carbocycles. The van der Waals surface area contributed by atoms with Gasteiger partial charge in [0.15, 0.2) is 5.11 Å². The number of fused-ring (bicyclic) bond motifs is 1. The summed E-state index contributed by atoms with van der Waals surface area (Å²) in [7, 11) is 1.37. The predicted molar refractivity (Wildman–Crippen MR) is 104 cm³/mol. The number of benzene rings is 2. The zero-order valence-electron chi connectivity index (χ0n) is 13.3. The Labute approximate surface area is 149 Å². The average molecular weight is 356 g/mol. The van der Waals surface area contributed by atoms with Gasteiger partial charge in [-0.15, -0.1) is 11.3 Å². The normalized spacial score (nSPS) is 10.4. The van der Waals surface area contributed by atoms with E-state index in [1.165, 1.54) is 23.8 Å². The van der Waals surface area contributed by atoms with E-state index in [9.17, 15) is 4.79 Å². The number of aryl methyl sites for hydroxylation is 1. The standard InChI is InChI=1S/C18H16N2O2S2/c1-11-9-15(17(21)22-2)16(24-11)20-18(23)19-14-8-7-12-5-3-4-6-13(12)10-14/h3-10H,1-2H3,(H2,19,20,23). The highest BCUT2D eigenvalue weighted by molar-refractivity contribution is 7.80. The second kappa shape index (κ2) is 6.98. The van der Waals surface area contributed by atoms with E-state index in [1.54, 1.807) is 6.07 Å². The Balaban J connectivity index is 1.76. The summed E-state index contributed by atoms with van der Waals surface area (Å²) in [6, 6.07) is 15.9. The van der Waals surface area contributed by atoms with E-state index in [0.717, 1.165) is 16.0 Å². The van der Waals surface area contributed by atoms with Gasteiger partial charge in [-0.2, -0.15) is 0 Å². The Morgan fingerprint density at radius 2 is 1.83 bits per heavy atom. The quantitative estimate of drug-likeness (QED) is 0.521. The monoisotopic (exact) mass is 356 g/mol. The van der Waals surface area contributed by atoms with Crippen LogP contribution in [0.5, 0.6) is 0 Å². The summed E-state index contributed by atoms with van der Waals surface area (Å²) in [6.45, 7) is 1.93. The molecule has 122 valence electrons. The van der Waals surface area contributed by atoms with Crippen molar-refractivity contribution in [3.63, 3.8) is 0 Å². The van der Waals surface area contributed by atoms with Crippen molar-refractivity contribution in [1.82, 2.24) is 0 Å². The average Bonchev–Trinajstić information content (AvgIpc) is 2.94. The van der Waals surface area contributed by atoms with Crippen molar-refractivity contribution in [3.05, 3.63) is 59.0 Å². The van der Waals surface area contributed by atoms with E-state index < -0.39 is 0 Å². The maximum Gasteiger partial charge on any atom is 0.340 e. The molecule has 0 radical (unpaired) electrons. The molecule has 0 spiro atoms. The van der Waals surface area contributed by atoms with Crippen molar-refractivity contribution in [2.24, 2.45) is 0 Å². The number of thiocarbonyl (C=S) groups is 1. The number of esters is 1. The van der Waals surface area contributed by atoms with Crippen LogP contribution < -0.4 is 10.6 Å². The first-order valence-corrected chi connectivity index (χ1v) is 8.55. The molecule has 0 saturated heterocycles. The summed E-state index contributed by atoms with van der Waals surface area (Å²) in [6.07, 6.45) is 0. The van der Waals surface area contributed by atoms with Gasteiger partial charge in [-0.1, -0.05) is 30.3 Å². The van der Waals surface area contributed by atoms with Crippen LogP contribution in [0.3, 0.4) is 0 Å². The third-order valence-corrected chi connectivity index (χ3v) is 4.67. The SMILES string of the molecule is COC(=O)c1cc(C)sc1NC(=S)Nc1ccc2ccccc2c1. The molecule has 6 heteroatoms. The second-order valence-corrected chi connectivity index (χ2v) is 6.90. The lowest BCUT2D eigenvalue weighted by Crippen LogP contribution is -2.19. The van der Waals surface area contributed by atoms with Gasteiger partial charge in [0.25, 0.3) is 0 Å². The molecule has 2 aromatic carbocycles. The van der Waals surface area contributed by atoms with E-state index >= 15 is 0 Å². The van der Waals surface area contributed by atoms with Gasteiger partial charge in [-0.05, 0) is 48.1 Å². The summed E-state index contributed by atoms with van der Waals surface area (Å²) < 4.78 is 4.80. The first kappa shape index (κ1) is 16.4. The first-order chi connectivity index (χ1) is 11.6. The molecular weight excluding hydrogens is 340 g/mol. The van der Waals surface area contributed by atoms with Gasteiger partial charge >= 0.3 is 5.97 Å². The van der Waals surface area contributed by atoms with Crippen molar-refractivity contribution in [3.8, 4) is 0 Å². The second-order valence-electron chi connectivity index (χ2n) is 5.23. The molecule has 2 N–H and O–H groups in total. The third kappa shape index (κ3) is 3.55. The number of rotatable bonds is 3. The van der Waals surface area contributed by atoms with Gasteiger partial charge in [0.1, 0.15) is 5.00 Å². The largest absolute Gasteiger partial charge is 0.465 e. The maximum atomic E-state index is 11.8. The number of ether oxygens (including phenoxy) is 1. The molecule has 3 aromatic rings. The van der Waals surface area contributed by atoms with Crippen molar-refractivity contribution in [2.45, 2.75) is 6.92 Å². The number of hydrogen-bond acceptors (Lipinski definition) is 4.